The molecule has 7 heteroatoms. The fraction of sp³-hybridized carbons (Fsp3) is 0.567. The monoisotopic (exact) mass is 517 g/mol. The Hall–Kier alpha value is -2.38. The number of nitrogens with two attached hydrogens (primary N) is 1. The van der Waals surface area contributed by atoms with Crippen molar-refractivity contribution < 1.29 is 18.0 Å². The van der Waals surface area contributed by atoms with Gasteiger partial charge in [0.05, 0.1) is 6.54 Å². The Balaban J connectivity index is 1.41. The zero-order valence-electron chi connectivity index (χ0n) is 21.8. The summed E-state index contributed by atoms with van der Waals surface area (Å²) >= 11 is 0. The van der Waals surface area contributed by atoms with Gasteiger partial charge in [-0.3, -0.25) is 4.79 Å². The molecule has 0 saturated carbocycles. The number of alkyl halides is 3. The van der Waals surface area contributed by atoms with Gasteiger partial charge in [0.1, 0.15) is 5.41 Å². The number of halogens is 3. The third-order valence-electron chi connectivity index (χ3n) is 7.70. The Kier molecular flexibility index (Phi) is 11.5. The third kappa shape index (κ3) is 8.57. The average Bonchev–Trinajstić information content (AvgIpc) is 2.89. The lowest BCUT2D eigenvalue weighted by Crippen LogP contribution is -2.51. The van der Waals surface area contributed by atoms with Crippen molar-refractivity contribution in [3.63, 3.8) is 0 Å². The van der Waals surface area contributed by atoms with Crippen LogP contribution in [0.4, 0.5) is 13.2 Å². The van der Waals surface area contributed by atoms with Gasteiger partial charge >= 0.3 is 6.18 Å². The molecule has 4 nitrogen and oxygen atoms in total. The molecule has 0 spiro atoms. The maximum absolute atomic E-state index is 13.2. The number of unbranched alkanes of at least 4 members (excludes halogenated alkanes) is 6. The number of nitrogens with one attached hydrogen (secondary N) is 1. The minimum Gasteiger partial charge on any atom is -0.369 e. The molecule has 204 valence electrons. The molecule has 0 unspecified atom stereocenters. The first kappa shape index (κ1) is 29.2. The molecule has 1 amide bonds. The van der Waals surface area contributed by atoms with Crippen LogP contribution in [0, 0.1) is 5.92 Å². The van der Waals surface area contributed by atoms with Crippen LogP contribution >= 0.6 is 0 Å². The van der Waals surface area contributed by atoms with Gasteiger partial charge in [0.15, 0.2) is 0 Å². The van der Waals surface area contributed by atoms with E-state index < -0.39 is 18.1 Å². The molecule has 0 radical (unpaired) electrons. The fourth-order valence-electron chi connectivity index (χ4n) is 5.81. The third-order valence-corrected chi connectivity index (χ3v) is 7.70. The quantitative estimate of drug-likeness (QED) is 0.283. The van der Waals surface area contributed by atoms with Gasteiger partial charge in [0.2, 0.25) is 5.91 Å². The second-order valence-electron chi connectivity index (χ2n) is 10.3. The molecule has 37 heavy (non-hydrogen) atoms. The number of hydrogen-bond donors (Lipinski definition) is 2. The van der Waals surface area contributed by atoms with Crippen molar-refractivity contribution in [3.05, 3.63) is 71.8 Å². The van der Waals surface area contributed by atoms with Crippen LogP contribution in [-0.4, -0.2) is 49.7 Å². The van der Waals surface area contributed by atoms with Gasteiger partial charge in [0.25, 0.3) is 0 Å². The van der Waals surface area contributed by atoms with Gasteiger partial charge in [-0.15, -0.1) is 0 Å². The van der Waals surface area contributed by atoms with Crippen LogP contribution in [0.3, 0.4) is 0 Å². The fourth-order valence-corrected chi connectivity index (χ4v) is 5.81. The Bertz CT molecular complexity index is 873. The lowest BCUT2D eigenvalue weighted by molar-refractivity contribution is -0.125. The van der Waals surface area contributed by atoms with Crippen molar-refractivity contribution in [2.24, 2.45) is 11.7 Å². The van der Waals surface area contributed by atoms with Crippen molar-refractivity contribution in [2.45, 2.75) is 69.4 Å². The summed E-state index contributed by atoms with van der Waals surface area (Å²) in [4.78, 5) is 15.7. The van der Waals surface area contributed by atoms with Crippen molar-refractivity contribution >= 4 is 5.91 Å². The highest BCUT2D eigenvalue weighted by atomic mass is 19.4. The number of amides is 1. The maximum atomic E-state index is 13.2. The summed E-state index contributed by atoms with van der Waals surface area (Å²) in [6, 6.07) is 20.0. The molecule has 2 aromatic carbocycles. The largest absolute Gasteiger partial charge is 0.401 e. The summed E-state index contributed by atoms with van der Waals surface area (Å²) in [5.74, 6) is -0.129. The first-order valence-electron chi connectivity index (χ1n) is 13.7. The van der Waals surface area contributed by atoms with Crippen LogP contribution in [-0.2, 0) is 10.2 Å². The molecule has 2 aromatic rings. The van der Waals surface area contributed by atoms with Crippen LogP contribution in [0.1, 0.15) is 68.9 Å². The molecular formula is C30H42F3N3O. The van der Waals surface area contributed by atoms with E-state index in [9.17, 15) is 18.0 Å². The second kappa shape index (κ2) is 14.5. The number of primary amides is 1. The van der Waals surface area contributed by atoms with E-state index in [0.717, 1.165) is 75.7 Å². The van der Waals surface area contributed by atoms with Crippen LogP contribution in [0.15, 0.2) is 60.7 Å². The molecule has 1 aliphatic rings. The van der Waals surface area contributed by atoms with Crippen LogP contribution in [0.5, 0.6) is 0 Å². The lowest BCUT2D eigenvalue weighted by Gasteiger charge is -2.43. The maximum Gasteiger partial charge on any atom is 0.401 e. The number of piperidine rings is 1. The number of nitrogens with zero attached hydrogens (tertiary/aromatic N) is 1. The summed E-state index contributed by atoms with van der Waals surface area (Å²) in [6.07, 6.45) is 5.20. The molecule has 0 aliphatic carbocycles. The van der Waals surface area contributed by atoms with Gasteiger partial charge in [-0.25, -0.2) is 0 Å². The first-order valence-corrected chi connectivity index (χ1v) is 13.7. The molecule has 1 saturated heterocycles. The molecular weight excluding hydrogens is 475 g/mol. The van der Waals surface area contributed by atoms with Crippen LogP contribution < -0.4 is 11.1 Å². The lowest BCUT2D eigenvalue weighted by atomic mass is 9.62. The van der Waals surface area contributed by atoms with Crippen molar-refractivity contribution in [1.82, 2.24) is 10.2 Å². The van der Waals surface area contributed by atoms with E-state index in [-0.39, 0.29) is 11.8 Å². The molecule has 1 heterocycles. The number of rotatable bonds is 15. The van der Waals surface area contributed by atoms with E-state index in [4.69, 9.17) is 5.73 Å². The average molecular weight is 518 g/mol. The Morgan fingerprint density at radius 3 is 1.78 bits per heavy atom. The molecule has 1 aliphatic heterocycles. The van der Waals surface area contributed by atoms with Crippen LogP contribution in [0.2, 0.25) is 0 Å². The number of carbonyl (C=O) groups is 1. The minimum absolute atomic E-state index is 0.150. The number of likely N-dealkylation sites (tertiary alicyclic amines) is 1. The van der Waals surface area contributed by atoms with E-state index in [1.807, 2.05) is 60.7 Å². The normalized spacial score (nSPS) is 15.6. The Labute approximate surface area is 219 Å². The van der Waals surface area contributed by atoms with Gasteiger partial charge in [-0.05, 0) is 68.9 Å². The minimum atomic E-state index is -4.12. The number of benzene rings is 2. The highest BCUT2D eigenvalue weighted by Gasteiger charge is 2.47. The molecule has 0 aromatic heterocycles. The van der Waals surface area contributed by atoms with Crippen molar-refractivity contribution in [2.75, 3.05) is 32.7 Å². The summed E-state index contributed by atoms with van der Waals surface area (Å²) in [6.45, 7) is 2.52. The van der Waals surface area contributed by atoms with Crippen LogP contribution in [0.25, 0.3) is 0 Å². The van der Waals surface area contributed by atoms with Crippen molar-refractivity contribution in [1.29, 1.82) is 0 Å². The first-order chi connectivity index (χ1) is 17.8. The zero-order valence-corrected chi connectivity index (χ0v) is 21.8. The van der Waals surface area contributed by atoms with Gasteiger partial charge in [-0.1, -0.05) is 92.8 Å². The van der Waals surface area contributed by atoms with E-state index in [0.29, 0.717) is 6.54 Å². The summed E-state index contributed by atoms with van der Waals surface area (Å²) in [5.41, 5.74) is 7.32. The van der Waals surface area contributed by atoms with Crippen molar-refractivity contribution in [3.8, 4) is 0 Å². The Morgan fingerprint density at radius 2 is 1.30 bits per heavy atom. The van der Waals surface area contributed by atoms with E-state index in [1.54, 1.807) is 0 Å². The topological polar surface area (TPSA) is 58.4 Å². The predicted molar refractivity (Wildman–Crippen MR) is 143 cm³/mol. The molecule has 3 N–H and O–H groups in total. The van der Waals surface area contributed by atoms with Gasteiger partial charge in [0, 0.05) is 0 Å². The van der Waals surface area contributed by atoms with Gasteiger partial charge < -0.3 is 16.0 Å². The van der Waals surface area contributed by atoms with Gasteiger partial charge in [-0.2, -0.15) is 13.2 Å². The predicted octanol–water partition coefficient (Wildman–Crippen LogP) is 6.05. The highest BCUT2D eigenvalue weighted by Crippen LogP contribution is 2.44. The van der Waals surface area contributed by atoms with E-state index in [2.05, 4.69) is 10.2 Å². The Morgan fingerprint density at radius 1 is 0.811 bits per heavy atom. The highest BCUT2D eigenvalue weighted by molar-refractivity contribution is 5.91. The van der Waals surface area contributed by atoms with E-state index in [1.165, 1.54) is 12.8 Å². The standard InChI is InChI=1S/C30H42F3N3O/c31-29(32,33)24-35-20-12-4-2-1-3-5-13-21-36-22-18-27(19-23-36)30(28(34)37,25-14-8-6-9-15-25)26-16-10-7-11-17-26/h6-11,14-17,27,35H,1-5,12-13,18-24H2,(H2,34,37). The summed E-state index contributed by atoms with van der Waals surface area (Å²) < 4.78 is 36.3. The molecule has 0 bridgehead atoms. The zero-order chi connectivity index (χ0) is 26.6. The summed E-state index contributed by atoms with van der Waals surface area (Å²) in [5, 5.41) is 2.45. The molecule has 0 atom stereocenters. The SMILES string of the molecule is NC(=O)C(c1ccccc1)(c1ccccc1)C1CCN(CCCCCCCCCNCC(F)(F)F)CC1. The number of hydrogen-bond acceptors (Lipinski definition) is 3. The smallest absolute Gasteiger partial charge is 0.369 e. The van der Waals surface area contributed by atoms with E-state index >= 15 is 0 Å². The molecule has 3 rings (SSSR count). The molecule has 1 fully saturated rings. The summed E-state index contributed by atoms with van der Waals surface area (Å²) in [7, 11) is 0. The second-order valence-corrected chi connectivity index (χ2v) is 10.3. The number of carbonyl (C=O) groups excluding carboxylic acids is 1.